The van der Waals surface area contributed by atoms with Crippen LogP contribution in [0.25, 0.3) is 22.6 Å². The number of aromatic nitrogens is 3. The molecule has 1 aliphatic heterocycles. The van der Waals surface area contributed by atoms with Crippen molar-refractivity contribution in [3.8, 4) is 22.6 Å². The summed E-state index contributed by atoms with van der Waals surface area (Å²) in [5.74, 6) is 1.76. The zero-order chi connectivity index (χ0) is 23.8. The fourth-order valence-corrected chi connectivity index (χ4v) is 4.84. The second-order valence-electron chi connectivity index (χ2n) is 7.70. The molecule has 2 aromatic heterocycles. The minimum Gasteiger partial charge on any atom is -0.452 e. The Bertz CT molecular complexity index is 1430. The number of nitrogens with zero attached hydrogens (tertiary/aromatic N) is 3. The highest BCUT2D eigenvalue weighted by atomic mass is 35.5. The molecule has 2 aromatic carbocycles. The molecule has 0 unspecified atom stereocenters. The Morgan fingerprint density at radius 3 is 2.65 bits per heavy atom. The van der Waals surface area contributed by atoms with Crippen molar-refractivity contribution in [3.63, 3.8) is 0 Å². The van der Waals surface area contributed by atoms with E-state index in [-0.39, 0.29) is 17.9 Å². The highest BCUT2D eigenvalue weighted by molar-refractivity contribution is 7.99. The molecule has 0 spiro atoms. The molecule has 0 aliphatic carbocycles. The van der Waals surface area contributed by atoms with Gasteiger partial charge in [-0.2, -0.15) is 0 Å². The van der Waals surface area contributed by atoms with Crippen LogP contribution in [0.3, 0.4) is 0 Å². The summed E-state index contributed by atoms with van der Waals surface area (Å²) in [6.07, 6.45) is -0.470. The van der Waals surface area contributed by atoms with Crippen LogP contribution in [-0.4, -0.2) is 21.7 Å². The number of furan rings is 1. The Labute approximate surface area is 205 Å². The molecule has 1 N–H and O–H groups in total. The van der Waals surface area contributed by atoms with Crippen LogP contribution >= 0.6 is 23.4 Å². The van der Waals surface area contributed by atoms with E-state index in [1.807, 2.05) is 62.4 Å². The Morgan fingerprint density at radius 2 is 1.91 bits per heavy atom. The molecule has 9 heteroatoms. The molecular formula is C25H22ClN4O3S+. The van der Waals surface area contributed by atoms with Crippen molar-refractivity contribution >= 4 is 35.0 Å². The summed E-state index contributed by atoms with van der Waals surface area (Å²) >= 11 is 7.46. The average molecular weight is 494 g/mol. The van der Waals surface area contributed by atoms with E-state index in [1.165, 1.54) is 11.8 Å². The first-order valence-corrected chi connectivity index (χ1v) is 12.3. The zero-order valence-corrected chi connectivity index (χ0v) is 20.2. The van der Waals surface area contributed by atoms with Crippen molar-refractivity contribution < 1.29 is 13.9 Å². The number of aromatic amines is 1. The molecule has 0 bridgehead atoms. The molecule has 1 aliphatic rings. The van der Waals surface area contributed by atoms with Gasteiger partial charge in [0.05, 0.1) is 11.3 Å². The molecular weight excluding hydrogens is 472 g/mol. The number of anilines is 1. The van der Waals surface area contributed by atoms with Gasteiger partial charge in [-0.1, -0.05) is 49.3 Å². The van der Waals surface area contributed by atoms with E-state index in [1.54, 1.807) is 21.7 Å². The number of benzene rings is 2. The van der Waals surface area contributed by atoms with Gasteiger partial charge in [-0.25, -0.2) is 4.90 Å². The number of H-pyrrole nitrogens is 1. The Balaban J connectivity index is 1.74. The predicted octanol–water partition coefficient (Wildman–Crippen LogP) is 5.05. The third-order valence-electron chi connectivity index (χ3n) is 5.62. The lowest BCUT2D eigenvalue weighted by Gasteiger charge is -2.30. The summed E-state index contributed by atoms with van der Waals surface area (Å²) < 4.78 is 7.88. The molecule has 0 saturated heterocycles. The number of hydrogen-bond donors (Lipinski definition) is 1. The summed E-state index contributed by atoms with van der Waals surface area (Å²) in [5.41, 5.74) is 2.26. The van der Waals surface area contributed by atoms with E-state index in [9.17, 15) is 9.59 Å². The van der Waals surface area contributed by atoms with Gasteiger partial charge in [0, 0.05) is 22.1 Å². The topological polar surface area (TPSA) is 83.1 Å². The number of carbonyl (C=O) groups excluding carboxylic acids is 1. The van der Waals surface area contributed by atoms with Crippen molar-refractivity contribution in [2.24, 2.45) is 0 Å². The number of fused-ring (bicyclic) bond motifs is 3. The molecule has 1 amide bonds. The molecule has 4 aromatic rings. The van der Waals surface area contributed by atoms with E-state index >= 15 is 0 Å². The van der Waals surface area contributed by atoms with Crippen LogP contribution < -0.4 is 15.1 Å². The lowest BCUT2D eigenvalue weighted by Crippen LogP contribution is -2.60. The first-order valence-electron chi connectivity index (χ1n) is 11.0. The van der Waals surface area contributed by atoms with Crippen LogP contribution in [-0.2, 0) is 4.79 Å². The van der Waals surface area contributed by atoms with Crippen LogP contribution in [0.1, 0.15) is 32.2 Å². The molecule has 3 heterocycles. The molecule has 0 fully saturated rings. The molecule has 34 heavy (non-hydrogen) atoms. The number of thioether (sulfide) groups is 1. The Kier molecular flexibility index (Phi) is 6.02. The normalized spacial score (nSPS) is 14.6. The first-order chi connectivity index (χ1) is 16.5. The third kappa shape index (κ3) is 3.82. The van der Waals surface area contributed by atoms with Crippen molar-refractivity contribution in [3.05, 3.63) is 81.8 Å². The third-order valence-corrected chi connectivity index (χ3v) is 6.62. The number of carbonyl (C=O) groups is 1. The maximum absolute atomic E-state index is 13.3. The van der Waals surface area contributed by atoms with Gasteiger partial charge in [-0.15, -0.1) is 0 Å². The van der Waals surface area contributed by atoms with E-state index in [0.29, 0.717) is 38.6 Å². The maximum atomic E-state index is 13.3. The van der Waals surface area contributed by atoms with E-state index in [4.69, 9.17) is 21.1 Å². The number of nitrogens with one attached hydrogen (secondary N) is 1. The summed E-state index contributed by atoms with van der Waals surface area (Å²) in [7, 11) is 0. The van der Waals surface area contributed by atoms with Crippen LogP contribution in [0.5, 0.6) is 0 Å². The van der Waals surface area contributed by atoms with Gasteiger partial charge in [0.1, 0.15) is 5.76 Å². The fraction of sp³-hybridized carbons (Fsp3) is 0.200. The number of hydrogen-bond acceptors (Lipinski definition) is 5. The van der Waals surface area contributed by atoms with Crippen LogP contribution in [0.15, 0.2) is 75.0 Å². The van der Waals surface area contributed by atoms with E-state index in [2.05, 4.69) is 4.98 Å². The molecule has 0 radical (unpaired) electrons. The van der Waals surface area contributed by atoms with Crippen LogP contribution in [0.2, 0.25) is 5.02 Å². The van der Waals surface area contributed by atoms with Crippen molar-refractivity contribution in [2.45, 2.75) is 31.6 Å². The van der Waals surface area contributed by atoms with Gasteiger partial charge in [0.2, 0.25) is 11.1 Å². The van der Waals surface area contributed by atoms with Crippen molar-refractivity contribution in [2.75, 3.05) is 10.7 Å². The average Bonchev–Trinajstić information content (AvgIpc) is 3.33. The van der Waals surface area contributed by atoms with Gasteiger partial charge < -0.3 is 4.42 Å². The summed E-state index contributed by atoms with van der Waals surface area (Å²) in [6, 6.07) is 18.4. The quantitative estimate of drug-likeness (QED) is 0.310. The molecule has 7 nitrogen and oxygen atoms in total. The number of amides is 1. The standard InChI is InChI=1S/C25H21ClN4O3S/c1-3-21(31)29-18-8-6-5-7-17(18)22-23(32)27-25(34-4-2)28-30(22)24(29)20-14-13-19(33-20)15-9-11-16(26)12-10-15/h5-14,24H,3-4H2,1-2H3/p+1/t24-/m1/s1. The first kappa shape index (κ1) is 22.4. The second kappa shape index (κ2) is 9.12. The van der Waals surface area contributed by atoms with Crippen LogP contribution in [0.4, 0.5) is 5.69 Å². The van der Waals surface area contributed by atoms with Gasteiger partial charge in [-0.3, -0.25) is 14.6 Å². The monoisotopic (exact) mass is 493 g/mol. The van der Waals surface area contributed by atoms with Crippen LogP contribution in [0, 0.1) is 0 Å². The van der Waals surface area contributed by atoms with Gasteiger partial charge in [-0.05, 0) is 59.0 Å². The largest absolute Gasteiger partial charge is 0.452 e. The number of para-hydroxylation sites is 1. The maximum Gasteiger partial charge on any atom is 0.325 e. The Morgan fingerprint density at radius 1 is 1.15 bits per heavy atom. The SMILES string of the molecule is CCSc1n[n+]2c(c(=O)[nH]1)-c1ccccc1N(C(=O)CC)[C@H]2c1ccc(-c2ccc(Cl)cc2)o1. The lowest BCUT2D eigenvalue weighted by molar-refractivity contribution is -0.764. The highest BCUT2D eigenvalue weighted by Gasteiger charge is 2.47. The van der Waals surface area contributed by atoms with E-state index in [0.717, 1.165) is 11.3 Å². The summed E-state index contributed by atoms with van der Waals surface area (Å²) in [5, 5.41) is 5.85. The summed E-state index contributed by atoms with van der Waals surface area (Å²) in [4.78, 5) is 31.0. The molecule has 172 valence electrons. The van der Waals surface area contributed by atoms with Crippen molar-refractivity contribution in [1.82, 2.24) is 10.1 Å². The fourth-order valence-electron chi connectivity index (χ4n) is 4.13. The second-order valence-corrected chi connectivity index (χ2v) is 9.39. The van der Waals surface area contributed by atoms with Gasteiger partial charge in [0.25, 0.3) is 0 Å². The number of rotatable bonds is 5. The summed E-state index contributed by atoms with van der Waals surface area (Å²) in [6.45, 7) is 3.80. The smallest absolute Gasteiger partial charge is 0.325 e. The van der Waals surface area contributed by atoms with Gasteiger partial charge >= 0.3 is 17.4 Å². The minimum absolute atomic E-state index is 0.105. The highest BCUT2D eigenvalue weighted by Crippen LogP contribution is 2.39. The molecule has 1 atom stereocenters. The molecule has 0 saturated carbocycles. The lowest BCUT2D eigenvalue weighted by atomic mass is 10.0. The Hall–Kier alpha value is -3.36. The van der Waals surface area contributed by atoms with E-state index < -0.39 is 6.17 Å². The molecule has 5 rings (SSSR count). The van der Waals surface area contributed by atoms with Crippen molar-refractivity contribution in [1.29, 1.82) is 0 Å². The number of halogens is 1. The predicted molar refractivity (Wildman–Crippen MR) is 132 cm³/mol. The zero-order valence-electron chi connectivity index (χ0n) is 18.6. The minimum atomic E-state index is -0.753. The van der Waals surface area contributed by atoms with Gasteiger partial charge in [0.15, 0.2) is 5.76 Å².